The van der Waals surface area contributed by atoms with Crippen molar-refractivity contribution in [2.45, 2.75) is 4.90 Å². The third kappa shape index (κ3) is 3.24. The van der Waals surface area contributed by atoms with Gasteiger partial charge in [-0.05, 0) is 42.7 Å². The zero-order chi connectivity index (χ0) is 14.5. The second-order valence-electron chi connectivity index (χ2n) is 4.14. The number of benzene rings is 2. The molecular formula is C15H16N2O2S. The second-order valence-corrected chi connectivity index (χ2v) is 5.02. The van der Waals surface area contributed by atoms with E-state index in [1.165, 1.54) is 7.11 Å². The number of nitrogens with two attached hydrogens (primary N) is 1. The Labute approximate surface area is 122 Å². The fraction of sp³-hybridized carbons (Fsp3) is 0.133. The highest BCUT2D eigenvalue weighted by Crippen LogP contribution is 2.23. The largest absolute Gasteiger partial charge is 0.495 e. The molecule has 0 unspecified atom stereocenters. The van der Waals surface area contributed by atoms with Crippen molar-refractivity contribution in [3.8, 4) is 5.75 Å². The first-order chi connectivity index (χ1) is 9.63. The summed E-state index contributed by atoms with van der Waals surface area (Å²) in [5.41, 5.74) is 7.51. The molecular weight excluding hydrogens is 272 g/mol. The molecule has 0 spiro atoms. The number of hydrogen-bond donors (Lipinski definition) is 2. The van der Waals surface area contributed by atoms with E-state index in [0.717, 1.165) is 10.6 Å². The zero-order valence-corrected chi connectivity index (χ0v) is 12.2. The second kappa shape index (κ2) is 6.34. The van der Waals surface area contributed by atoms with E-state index in [4.69, 9.17) is 10.5 Å². The van der Waals surface area contributed by atoms with Crippen LogP contribution in [0.1, 0.15) is 10.4 Å². The molecule has 2 rings (SSSR count). The number of ether oxygens (including phenoxy) is 1. The lowest BCUT2D eigenvalue weighted by Gasteiger charge is -2.09. The van der Waals surface area contributed by atoms with Crippen molar-refractivity contribution in [3.63, 3.8) is 0 Å². The van der Waals surface area contributed by atoms with E-state index >= 15 is 0 Å². The fourth-order valence-corrected chi connectivity index (χ4v) is 2.22. The summed E-state index contributed by atoms with van der Waals surface area (Å²) in [7, 11) is 1.52. The summed E-state index contributed by atoms with van der Waals surface area (Å²) in [4.78, 5) is 13.3. The monoisotopic (exact) mass is 288 g/mol. The predicted molar refractivity (Wildman–Crippen MR) is 83.6 cm³/mol. The van der Waals surface area contributed by atoms with Crippen LogP contribution in [0, 0.1) is 0 Å². The molecule has 0 aliphatic heterocycles. The summed E-state index contributed by atoms with van der Waals surface area (Å²) < 4.78 is 5.11. The summed E-state index contributed by atoms with van der Waals surface area (Å²) in [6, 6.07) is 12.6. The molecule has 0 aliphatic carbocycles. The third-order valence-electron chi connectivity index (χ3n) is 2.82. The number of carbonyl (C=O) groups excluding carboxylic acids is 1. The van der Waals surface area contributed by atoms with Gasteiger partial charge in [-0.25, -0.2) is 0 Å². The van der Waals surface area contributed by atoms with Crippen LogP contribution in [0.15, 0.2) is 47.4 Å². The van der Waals surface area contributed by atoms with Crippen molar-refractivity contribution in [2.75, 3.05) is 24.4 Å². The van der Waals surface area contributed by atoms with Crippen LogP contribution in [0.4, 0.5) is 11.4 Å². The predicted octanol–water partition coefficient (Wildman–Crippen LogP) is 3.25. The third-order valence-corrected chi connectivity index (χ3v) is 3.55. The summed E-state index contributed by atoms with van der Waals surface area (Å²) in [6.45, 7) is 0. The number of methoxy groups -OCH3 is 1. The maximum Gasteiger partial charge on any atom is 0.255 e. The molecule has 0 saturated heterocycles. The first-order valence-electron chi connectivity index (χ1n) is 6.03. The minimum Gasteiger partial charge on any atom is -0.495 e. The van der Waals surface area contributed by atoms with Gasteiger partial charge in [0.2, 0.25) is 0 Å². The highest BCUT2D eigenvalue weighted by Gasteiger charge is 2.09. The van der Waals surface area contributed by atoms with Crippen molar-refractivity contribution >= 4 is 29.0 Å². The molecule has 1 amide bonds. The first kappa shape index (κ1) is 14.3. The average molecular weight is 288 g/mol. The number of nitrogen functional groups attached to an aromatic ring is 1. The Morgan fingerprint density at radius 1 is 1.25 bits per heavy atom. The number of nitrogens with one attached hydrogen (secondary N) is 1. The van der Waals surface area contributed by atoms with Crippen LogP contribution < -0.4 is 15.8 Å². The molecule has 5 heteroatoms. The van der Waals surface area contributed by atoms with E-state index in [1.807, 2.05) is 30.5 Å². The van der Waals surface area contributed by atoms with Gasteiger partial charge in [-0.3, -0.25) is 4.79 Å². The quantitative estimate of drug-likeness (QED) is 0.669. The van der Waals surface area contributed by atoms with E-state index in [0.29, 0.717) is 17.0 Å². The van der Waals surface area contributed by atoms with Gasteiger partial charge >= 0.3 is 0 Å². The summed E-state index contributed by atoms with van der Waals surface area (Å²) >= 11 is 1.63. The number of thioether (sulfide) groups is 1. The van der Waals surface area contributed by atoms with Gasteiger partial charge in [0.25, 0.3) is 5.91 Å². The lowest BCUT2D eigenvalue weighted by molar-refractivity contribution is 0.102. The van der Waals surface area contributed by atoms with Gasteiger partial charge < -0.3 is 15.8 Å². The van der Waals surface area contributed by atoms with Gasteiger partial charge in [0.1, 0.15) is 5.75 Å². The summed E-state index contributed by atoms with van der Waals surface area (Å²) in [5, 5.41) is 2.86. The molecule has 3 N–H and O–H groups in total. The van der Waals surface area contributed by atoms with E-state index in [2.05, 4.69) is 5.32 Å². The standard InChI is InChI=1S/C15H16N2O2S/c1-19-14-8-10(6-7-13(14)16)15(18)17-11-4-3-5-12(9-11)20-2/h3-9H,16H2,1-2H3,(H,17,18). The Morgan fingerprint density at radius 3 is 2.75 bits per heavy atom. The SMILES string of the molecule is COc1cc(C(=O)Nc2cccc(SC)c2)ccc1N. The Morgan fingerprint density at radius 2 is 2.05 bits per heavy atom. The lowest BCUT2D eigenvalue weighted by atomic mass is 10.1. The van der Waals surface area contributed by atoms with Crippen LogP contribution in [0.25, 0.3) is 0 Å². The molecule has 2 aromatic carbocycles. The smallest absolute Gasteiger partial charge is 0.255 e. The van der Waals surface area contributed by atoms with Crippen LogP contribution in [0.5, 0.6) is 5.75 Å². The summed E-state index contributed by atoms with van der Waals surface area (Å²) in [6.07, 6.45) is 1.99. The summed E-state index contributed by atoms with van der Waals surface area (Å²) in [5.74, 6) is 0.303. The average Bonchev–Trinajstić information content (AvgIpc) is 2.47. The van der Waals surface area contributed by atoms with E-state index in [1.54, 1.807) is 30.0 Å². The molecule has 2 aromatic rings. The molecule has 0 atom stereocenters. The maximum absolute atomic E-state index is 12.2. The van der Waals surface area contributed by atoms with Crippen LogP contribution in [-0.2, 0) is 0 Å². The highest BCUT2D eigenvalue weighted by molar-refractivity contribution is 7.98. The number of amides is 1. The Hall–Kier alpha value is -2.14. The number of hydrogen-bond acceptors (Lipinski definition) is 4. The van der Waals surface area contributed by atoms with Crippen molar-refractivity contribution < 1.29 is 9.53 Å². The van der Waals surface area contributed by atoms with Crippen LogP contribution >= 0.6 is 11.8 Å². The van der Waals surface area contributed by atoms with Gasteiger partial charge in [0.05, 0.1) is 12.8 Å². The van der Waals surface area contributed by atoms with Crippen molar-refractivity contribution in [3.05, 3.63) is 48.0 Å². The molecule has 0 bridgehead atoms. The van der Waals surface area contributed by atoms with Gasteiger partial charge in [0, 0.05) is 16.1 Å². The number of rotatable bonds is 4. The van der Waals surface area contributed by atoms with Crippen molar-refractivity contribution in [1.29, 1.82) is 0 Å². The topological polar surface area (TPSA) is 64.3 Å². The minimum atomic E-state index is -0.193. The Bertz CT molecular complexity index is 629. The van der Waals surface area contributed by atoms with Crippen LogP contribution in [-0.4, -0.2) is 19.3 Å². The van der Waals surface area contributed by atoms with Gasteiger partial charge in [0.15, 0.2) is 0 Å². The number of carbonyl (C=O) groups is 1. The van der Waals surface area contributed by atoms with Crippen LogP contribution in [0.2, 0.25) is 0 Å². The molecule has 0 aliphatic rings. The molecule has 20 heavy (non-hydrogen) atoms. The van der Waals surface area contributed by atoms with E-state index in [-0.39, 0.29) is 5.91 Å². The number of anilines is 2. The Balaban J connectivity index is 2.19. The normalized spacial score (nSPS) is 10.1. The highest BCUT2D eigenvalue weighted by atomic mass is 32.2. The van der Waals surface area contributed by atoms with E-state index in [9.17, 15) is 4.79 Å². The van der Waals surface area contributed by atoms with Gasteiger partial charge in [-0.1, -0.05) is 6.07 Å². The lowest BCUT2D eigenvalue weighted by Crippen LogP contribution is -2.12. The first-order valence-corrected chi connectivity index (χ1v) is 7.25. The Kier molecular flexibility index (Phi) is 4.53. The molecule has 0 heterocycles. The van der Waals surface area contributed by atoms with Crippen LogP contribution in [0.3, 0.4) is 0 Å². The van der Waals surface area contributed by atoms with E-state index < -0.39 is 0 Å². The molecule has 0 fully saturated rings. The van der Waals surface area contributed by atoms with Gasteiger partial charge in [-0.2, -0.15) is 0 Å². The molecule has 0 saturated carbocycles. The molecule has 104 valence electrons. The maximum atomic E-state index is 12.2. The minimum absolute atomic E-state index is 0.193. The molecule has 4 nitrogen and oxygen atoms in total. The molecule has 0 aromatic heterocycles. The fourth-order valence-electron chi connectivity index (χ4n) is 1.76. The van der Waals surface area contributed by atoms with Crippen molar-refractivity contribution in [2.24, 2.45) is 0 Å². The van der Waals surface area contributed by atoms with Gasteiger partial charge in [-0.15, -0.1) is 11.8 Å². The zero-order valence-electron chi connectivity index (χ0n) is 11.3. The van der Waals surface area contributed by atoms with Crippen molar-refractivity contribution in [1.82, 2.24) is 0 Å². The molecule has 0 radical (unpaired) electrons.